The first-order valence-corrected chi connectivity index (χ1v) is 19.9. The standard InChI is InChI=1S/C21H15ClO3S.C21H23ClO3S/c22-15-7-5-12(6-8-15)20-19(21(24)25)14(11-26-20)10-18(23)17-9-13-3-1-2-4-16(13)17;22-17-9-7-15(8-10-17)20-19(21(24)25)16(13-26-20)12-18(23)11-6-14-4-2-1-3-5-14/h1-8,11,17H,9-10H2,(H,24,25);7-10,13-14H,1-6,11-12H2,(H,24,25). The number of Topliss-reactive ketones (excluding diaryl/α,β-unsaturated/α-hetero) is 2. The Morgan fingerprint density at radius 2 is 1.19 bits per heavy atom. The van der Waals surface area contributed by atoms with E-state index in [-0.39, 0.29) is 41.5 Å². The van der Waals surface area contributed by atoms with Crippen LogP contribution in [0.3, 0.4) is 0 Å². The molecule has 0 amide bonds. The van der Waals surface area contributed by atoms with E-state index in [0.717, 1.165) is 29.5 Å². The number of carboxylic acid groups (broad SMARTS) is 2. The van der Waals surface area contributed by atoms with E-state index in [1.165, 1.54) is 60.3 Å². The molecule has 0 saturated heterocycles. The van der Waals surface area contributed by atoms with Gasteiger partial charge in [-0.2, -0.15) is 0 Å². The summed E-state index contributed by atoms with van der Waals surface area (Å²) in [4.78, 5) is 50.1. The number of ketones is 2. The SMILES string of the molecule is O=C(CCC1CCCCC1)Cc1csc(-c2ccc(Cl)cc2)c1C(=O)O.O=C(O)c1c(CC(=O)C2Cc3ccccc32)csc1-c1ccc(Cl)cc1. The van der Waals surface area contributed by atoms with E-state index >= 15 is 0 Å². The minimum atomic E-state index is -1.01. The second kappa shape index (κ2) is 17.2. The van der Waals surface area contributed by atoms with Crippen molar-refractivity contribution in [3.8, 4) is 20.9 Å². The van der Waals surface area contributed by atoms with Crippen molar-refractivity contribution in [3.63, 3.8) is 0 Å². The van der Waals surface area contributed by atoms with Crippen molar-refractivity contribution in [3.05, 3.63) is 127 Å². The molecule has 1 unspecified atom stereocenters. The Morgan fingerprint density at radius 3 is 1.71 bits per heavy atom. The van der Waals surface area contributed by atoms with Gasteiger partial charge in [0.05, 0.1) is 11.1 Å². The smallest absolute Gasteiger partial charge is 0.337 e. The number of thiophene rings is 2. The summed E-state index contributed by atoms with van der Waals surface area (Å²) in [5.74, 6) is -1.23. The molecule has 0 spiro atoms. The van der Waals surface area contributed by atoms with E-state index in [2.05, 4.69) is 0 Å². The number of carbonyl (C=O) groups is 4. The average Bonchev–Trinajstić information content (AvgIpc) is 3.74. The zero-order valence-corrected chi connectivity index (χ0v) is 31.6. The molecule has 0 bridgehead atoms. The van der Waals surface area contributed by atoms with E-state index in [0.29, 0.717) is 43.3 Å². The van der Waals surface area contributed by atoms with Gasteiger partial charge in [0.2, 0.25) is 0 Å². The Kier molecular flexibility index (Phi) is 12.4. The lowest BCUT2D eigenvalue weighted by molar-refractivity contribution is -0.120. The van der Waals surface area contributed by atoms with Crippen LogP contribution in [0, 0.1) is 5.92 Å². The summed E-state index contributed by atoms with van der Waals surface area (Å²) >= 11 is 14.6. The van der Waals surface area contributed by atoms with Crippen LogP contribution >= 0.6 is 45.9 Å². The van der Waals surface area contributed by atoms with Crippen molar-refractivity contribution in [1.82, 2.24) is 0 Å². The maximum atomic E-state index is 12.7. The van der Waals surface area contributed by atoms with E-state index in [9.17, 15) is 29.4 Å². The van der Waals surface area contributed by atoms with Gasteiger partial charge in [0.25, 0.3) is 0 Å². The van der Waals surface area contributed by atoms with Gasteiger partial charge in [-0.15, -0.1) is 22.7 Å². The molecule has 268 valence electrons. The molecule has 0 aliphatic heterocycles. The van der Waals surface area contributed by atoms with E-state index in [1.807, 2.05) is 41.8 Å². The van der Waals surface area contributed by atoms with Crippen molar-refractivity contribution >= 4 is 69.4 Å². The fourth-order valence-electron chi connectivity index (χ4n) is 7.14. The van der Waals surface area contributed by atoms with Crippen LogP contribution in [0.2, 0.25) is 10.0 Å². The molecule has 1 fully saturated rings. The minimum absolute atomic E-state index is 0.0756. The molecule has 1 saturated carbocycles. The predicted octanol–water partition coefficient (Wildman–Crippen LogP) is 11.5. The number of fused-ring (bicyclic) bond motifs is 1. The van der Waals surface area contributed by atoms with Crippen LogP contribution in [0.15, 0.2) is 83.6 Å². The number of rotatable bonds is 12. The number of benzene rings is 3. The molecule has 2 heterocycles. The molecule has 6 nitrogen and oxygen atoms in total. The summed E-state index contributed by atoms with van der Waals surface area (Å²) < 4.78 is 0. The van der Waals surface area contributed by atoms with E-state index in [1.54, 1.807) is 41.8 Å². The first-order valence-electron chi connectivity index (χ1n) is 17.4. The molecule has 52 heavy (non-hydrogen) atoms. The molecule has 7 rings (SSSR count). The van der Waals surface area contributed by atoms with Gasteiger partial charge in [-0.1, -0.05) is 104 Å². The van der Waals surface area contributed by atoms with Crippen molar-refractivity contribution in [2.24, 2.45) is 5.92 Å². The highest BCUT2D eigenvalue weighted by Gasteiger charge is 2.33. The maximum absolute atomic E-state index is 12.7. The largest absolute Gasteiger partial charge is 0.478 e. The molecule has 3 aromatic carbocycles. The zero-order valence-electron chi connectivity index (χ0n) is 28.4. The summed E-state index contributed by atoms with van der Waals surface area (Å²) in [7, 11) is 0. The van der Waals surface area contributed by atoms with Crippen LogP contribution in [0.4, 0.5) is 0 Å². The number of hydrogen-bond donors (Lipinski definition) is 2. The summed E-state index contributed by atoms with van der Waals surface area (Å²) in [5.41, 5.74) is 5.57. The third kappa shape index (κ3) is 8.92. The van der Waals surface area contributed by atoms with Gasteiger partial charge in [-0.05, 0) is 87.2 Å². The van der Waals surface area contributed by atoms with Gasteiger partial charge in [0.15, 0.2) is 0 Å². The molecule has 2 N–H and O–H groups in total. The fourth-order valence-corrected chi connectivity index (χ4v) is 9.53. The highest BCUT2D eigenvalue weighted by atomic mass is 35.5. The molecule has 0 radical (unpaired) electrons. The Hall–Kier alpha value is -4.08. The number of carboxylic acids is 2. The number of carbonyl (C=O) groups excluding carboxylic acids is 2. The van der Waals surface area contributed by atoms with Gasteiger partial charge in [0.1, 0.15) is 11.6 Å². The summed E-state index contributed by atoms with van der Waals surface area (Å²) in [6.45, 7) is 0. The van der Waals surface area contributed by atoms with Gasteiger partial charge in [-0.3, -0.25) is 9.59 Å². The molecule has 2 aromatic heterocycles. The second-order valence-corrected chi connectivity index (χ2v) is 16.0. The summed E-state index contributed by atoms with van der Waals surface area (Å²) in [5, 5.41) is 24.2. The Morgan fingerprint density at radius 1 is 0.673 bits per heavy atom. The lowest BCUT2D eigenvalue weighted by Gasteiger charge is -2.28. The summed E-state index contributed by atoms with van der Waals surface area (Å²) in [6, 6.07) is 22.1. The molecular formula is C42H38Cl2O6S2. The van der Waals surface area contributed by atoms with E-state index < -0.39 is 11.9 Å². The monoisotopic (exact) mass is 772 g/mol. The fraction of sp³-hybridized carbons (Fsp3) is 0.286. The lowest BCUT2D eigenvalue weighted by Crippen LogP contribution is -2.26. The third-order valence-electron chi connectivity index (χ3n) is 9.93. The molecule has 2 aliphatic carbocycles. The highest BCUT2D eigenvalue weighted by molar-refractivity contribution is 7.14. The topological polar surface area (TPSA) is 109 Å². The van der Waals surface area contributed by atoms with Crippen LogP contribution < -0.4 is 0 Å². The van der Waals surface area contributed by atoms with E-state index in [4.69, 9.17) is 23.2 Å². The molecule has 5 aromatic rings. The lowest BCUT2D eigenvalue weighted by atomic mass is 9.74. The van der Waals surface area contributed by atoms with Crippen LogP contribution in [-0.4, -0.2) is 33.7 Å². The maximum Gasteiger partial charge on any atom is 0.337 e. The van der Waals surface area contributed by atoms with Gasteiger partial charge in [-0.25, -0.2) is 9.59 Å². The van der Waals surface area contributed by atoms with Crippen LogP contribution in [0.25, 0.3) is 20.9 Å². The van der Waals surface area contributed by atoms with Crippen molar-refractivity contribution < 1.29 is 29.4 Å². The summed E-state index contributed by atoms with van der Waals surface area (Å²) in [6.07, 6.45) is 8.91. The molecule has 10 heteroatoms. The van der Waals surface area contributed by atoms with Crippen molar-refractivity contribution in [2.75, 3.05) is 0 Å². The Labute approximate surface area is 321 Å². The van der Waals surface area contributed by atoms with Crippen LogP contribution in [-0.2, 0) is 28.9 Å². The van der Waals surface area contributed by atoms with Gasteiger partial charge < -0.3 is 10.2 Å². The third-order valence-corrected chi connectivity index (χ3v) is 12.6. The molecule has 2 aliphatic rings. The number of aromatic carboxylic acids is 2. The number of hydrogen-bond acceptors (Lipinski definition) is 6. The minimum Gasteiger partial charge on any atom is -0.478 e. The second-order valence-electron chi connectivity index (χ2n) is 13.4. The van der Waals surface area contributed by atoms with Gasteiger partial charge >= 0.3 is 11.9 Å². The van der Waals surface area contributed by atoms with Crippen LogP contribution in [0.5, 0.6) is 0 Å². The highest BCUT2D eigenvalue weighted by Crippen LogP contribution is 2.39. The first kappa shape index (κ1) is 37.7. The van der Waals surface area contributed by atoms with Crippen LogP contribution in [0.1, 0.15) is 93.8 Å². The average molecular weight is 774 g/mol. The van der Waals surface area contributed by atoms with Crippen molar-refractivity contribution in [1.29, 1.82) is 0 Å². The zero-order chi connectivity index (χ0) is 36.8. The molecular weight excluding hydrogens is 735 g/mol. The molecule has 1 atom stereocenters. The Bertz CT molecular complexity index is 2070. The quantitative estimate of drug-likeness (QED) is 0.131. The number of halogens is 2. The predicted molar refractivity (Wildman–Crippen MR) is 210 cm³/mol. The first-order chi connectivity index (χ1) is 25.1. The Balaban J connectivity index is 0.000000179. The van der Waals surface area contributed by atoms with Crippen molar-refractivity contribution in [2.45, 2.75) is 70.1 Å². The normalized spacial score (nSPS) is 15.2. The van der Waals surface area contributed by atoms with Gasteiger partial charge in [0, 0.05) is 45.0 Å².